The highest BCUT2D eigenvalue weighted by molar-refractivity contribution is 5.70. The van der Waals surface area contributed by atoms with Gasteiger partial charge in [-0.3, -0.25) is 9.59 Å². The van der Waals surface area contributed by atoms with Gasteiger partial charge in [0.05, 0.1) is 40.3 Å². The Hall–Kier alpha value is -3.75. The number of aliphatic carboxylic acids is 1. The topological polar surface area (TPSA) is 102 Å². The van der Waals surface area contributed by atoms with Gasteiger partial charge in [0, 0.05) is 19.3 Å². The van der Waals surface area contributed by atoms with Crippen LogP contribution >= 0.6 is 0 Å². The third-order valence-corrected chi connectivity index (χ3v) is 7.72. The van der Waals surface area contributed by atoms with E-state index < -0.39 is 24.1 Å². The molecular weight excluding hydrogens is 654 g/mol. The summed E-state index contributed by atoms with van der Waals surface area (Å²) in [7, 11) is 5.35. The molecule has 0 saturated carbocycles. The fourth-order valence-corrected chi connectivity index (χ4v) is 4.77. The third-order valence-electron chi connectivity index (χ3n) is 7.72. The van der Waals surface area contributed by atoms with E-state index in [-0.39, 0.29) is 49.5 Å². The summed E-state index contributed by atoms with van der Waals surface area (Å²) in [6, 6.07) is -0.747. The second-order valence-corrected chi connectivity index (χ2v) is 13.4. The summed E-state index contributed by atoms with van der Waals surface area (Å²) < 4.78 is 17.0. The van der Waals surface area contributed by atoms with Gasteiger partial charge in [-0.25, -0.2) is 0 Å². The minimum atomic E-state index is -1.15. The van der Waals surface area contributed by atoms with Crippen LogP contribution in [0.5, 0.6) is 0 Å². The van der Waals surface area contributed by atoms with E-state index in [9.17, 15) is 19.5 Å². The van der Waals surface area contributed by atoms with Gasteiger partial charge in [0.15, 0.2) is 6.10 Å². The van der Waals surface area contributed by atoms with Crippen LogP contribution in [-0.2, 0) is 28.6 Å². The molecule has 0 N–H and O–H groups in total. The second kappa shape index (κ2) is 34.3. The van der Waals surface area contributed by atoms with Gasteiger partial charge in [-0.05, 0) is 77.0 Å². The first-order valence-electron chi connectivity index (χ1n) is 19.3. The second-order valence-electron chi connectivity index (χ2n) is 13.4. The molecule has 0 saturated heterocycles. The molecule has 8 heteroatoms. The number of carboxylic acids is 1. The van der Waals surface area contributed by atoms with E-state index >= 15 is 0 Å². The number of rotatable bonds is 32. The summed E-state index contributed by atoms with van der Waals surface area (Å²) in [5.41, 5.74) is 0. The highest BCUT2D eigenvalue weighted by Gasteiger charge is 2.25. The van der Waals surface area contributed by atoms with Crippen LogP contribution in [0.4, 0.5) is 0 Å². The Labute approximate surface area is 316 Å². The van der Waals surface area contributed by atoms with Crippen LogP contribution in [0.25, 0.3) is 0 Å². The average molecular weight is 724 g/mol. The summed E-state index contributed by atoms with van der Waals surface area (Å²) >= 11 is 0. The van der Waals surface area contributed by atoms with Gasteiger partial charge in [-0.1, -0.05) is 111 Å². The maximum Gasteiger partial charge on any atom is 0.306 e. The summed E-state index contributed by atoms with van der Waals surface area (Å²) in [5.74, 6) is -1.90. The number of likely N-dealkylation sites (N-methyl/N-ethyl adjacent to an activating group) is 1. The largest absolute Gasteiger partial charge is 0.544 e. The van der Waals surface area contributed by atoms with E-state index in [1.807, 2.05) is 0 Å². The summed E-state index contributed by atoms with van der Waals surface area (Å²) in [6.07, 6.45) is 44.6. The van der Waals surface area contributed by atoms with Gasteiger partial charge < -0.3 is 28.6 Å². The van der Waals surface area contributed by atoms with Crippen molar-refractivity contribution >= 4 is 17.9 Å². The minimum absolute atomic E-state index is 0.00477. The first kappa shape index (κ1) is 48.2. The van der Waals surface area contributed by atoms with E-state index in [0.29, 0.717) is 12.8 Å². The number of quaternary nitrogens is 1. The van der Waals surface area contributed by atoms with Gasteiger partial charge >= 0.3 is 11.9 Å². The Balaban J connectivity index is 4.61. The number of esters is 2. The smallest absolute Gasteiger partial charge is 0.306 e. The van der Waals surface area contributed by atoms with Gasteiger partial charge in [-0.2, -0.15) is 0 Å². The fourth-order valence-electron chi connectivity index (χ4n) is 4.77. The SMILES string of the molecule is CC/C=C/C/C=C/C/C=C/C/C=C/C/C=C/CCCC(=O)OC(COCCC(C(=O)[O-])[N+](C)(C)C)COC(=O)CCC/C=C/C/C=C/C/C=C/CC. The quantitative estimate of drug-likeness (QED) is 0.0297. The molecule has 0 spiro atoms. The molecule has 8 nitrogen and oxygen atoms in total. The number of hydrogen-bond donors (Lipinski definition) is 0. The first-order valence-corrected chi connectivity index (χ1v) is 19.3. The molecule has 0 aliphatic heterocycles. The number of unbranched alkanes of at least 4 members (excludes halogenated alkanes) is 2. The van der Waals surface area contributed by atoms with Crippen molar-refractivity contribution in [2.75, 3.05) is 41.0 Å². The Morgan fingerprint density at radius 2 is 0.981 bits per heavy atom. The van der Waals surface area contributed by atoms with Crippen molar-refractivity contribution in [3.63, 3.8) is 0 Å². The number of carbonyl (C=O) groups excluding carboxylic acids is 3. The maximum absolute atomic E-state index is 12.6. The molecule has 0 radical (unpaired) electrons. The van der Waals surface area contributed by atoms with Crippen LogP contribution < -0.4 is 5.11 Å². The molecule has 0 rings (SSSR count). The minimum Gasteiger partial charge on any atom is -0.544 e. The molecule has 0 aromatic rings. The van der Waals surface area contributed by atoms with Crippen molar-refractivity contribution in [3.05, 3.63) is 97.2 Å². The number of ether oxygens (including phenoxy) is 3. The van der Waals surface area contributed by atoms with Crippen molar-refractivity contribution in [1.29, 1.82) is 0 Å². The highest BCUT2D eigenvalue weighted by atomic mass is 16.6. The Morgan fingerprint density at radius 3 is 1.38 bits per heavy atom. The fraction of sp³-hybridized carbons (Fsp3) is 0.568. The standard InChI is InChI=1S/C44H69NO7/c1-6-8-10-12-14-16-18-19-20-21-22-23-25-27-29-31-33-35-43(47)52-40(38-50-37-36-41(44(48)49)45(3,4)5)39-51-42(46)34-32-30-28-26-24-17-15-13-11-9-7-2/h8-11,14-17,19-20,22-23,26-29,40-41H,6-7,12-13,18,21,24-25,30-39H2,1-5H3/b10-8+,11-9+,16-14+,17-15+,20-19+,23-22+,28-26+,29-27+. The molecule has 0 fully saturated rings. The van der Waals surface area contributed by atoms with E-state index in [0.717, 1.165) is 64.2 Å². The lowest BCUT2D eigenvalue weighted by molar-refractivity contribution is -0.889. The summed E-state index contributed by atoms with van der Waals surface area (Å²) in [5, 5.41) is 11.6. The molecule has 52 heavy (non-hydrogen) atoms. The summed E-state index contributed by atoms with van der Waals surface area (Å²) in [4.78, 5) is 36.6. The Kier molecular flexibility index (Phi) is 31.9. The van der Waals surface area contributed by atoms with Crippen LogP contribution in [-0.4, -0.2) is 75.5 Å². The van der Waals surface area contributed by atoms with Crippen LogP contribution in [0.2, 0.25) is 0 Å². The number of allylic oxidation sites excluding steroid dienone is 16. The Bertz CT molecular complexity index is 1170. The number of carbonyl (C=O) groups is 3. The number of carboxylic acid groups (broad SMARTS) is 1. The van der Waals surface area contributed by atoms with Crippen LogP contribution in [0.1, 0.15) is 110 Å². The van der Waals surface area contributed by atoms with Gasteiger partial charge in [-0.15, -0.1) is 0 Å². The van der Waals surface area contributed by atoms with Crippen molar-refractivity contribution in [1.82, 2.24) is 0 Å². The number of nitrogens with zero attached hydrogens (tertiary/aromatic N) is 1. The molecule has 0 bridgehead atoms. The molecule has 2 unspecified atom stereocenters. The van der Waals surface area contributed by atoms with Crippen molar-refractivity contribution in [2.24, 2.45) is 0 Å². The maximum atomic E-state index is 12.6. The predicted octanol–water partition coefficient (Wildman–Crippen LogP) is 8.62. The van der Waals surface area contributed by atoms with E-state index in [2.05, 4.69) is 111 Å². The highest BCUT2D eigenvalue weighted by Crippen LogP contribution is 2.10. The predicted molar refractivity (Wildman–Crippen MR) is 212 cm³/mol. The van der Waals surface area contributed by atoms with Crippen molar-refractivity contribution in [2.45, 2.75) is 122 Å². The van der Waals surface area contributed by atoms with Crippen LogP contribution in [0, 0.1) is 0 Å². The lowest BCUT2D eigenvalue weighted by atomic mass is 10.1. The zero-order chi connectivity index (χ0) is 38.5. The lowest BCUT2D eigenvalue weighted by Crippen LogP contribution is -2.55. The van der Waals surface area contributed by atoms with Crippen molar-refractivity contribution < 1.29 is 38.2 Å². The molecule has 292 valence electrons. The molecule has 0 aliphatic carbocycles. The molecule has 0 aliphatic rings. The molecule has 0 heterocycles. The van der Waals surface area contributed by atoms with Crippen LogP contribution in [0.15, 0.2) is 97.2 Å². The van der Waals surface area contributed by atoms with E-state index in [1.165, 1.54) is 0 Å². The molecule has 0 amide bonds. The zero-order valence-electron chi connectivity index (χ0n) is 32.9. The molecule has 2 atom stereocenters. The Morgan fingerprint density at radius 1 is 0.577 bits per heavy atom. The molecule has 0 aromatic carbocycles. The third kappa shape index (κ3) is 32.2. The van der Waals surface area contributed by atoms with E-state index in [1.54, 1.807) is 21.1 Å². The van der Waals surface area contributed by atoms with Gasteiger partial charge in [0.2, 0.25) is 0 Å². The molecule has 0 aromatic heterocycles. The first-order chi connectivity index (χ1) is 25.1. The lowest BCUT2D eigenvalue weighted by Gasteiger charge is -2.34. The average Bonchev–Trinajstić information content (AvgIpc) is 3.09. The zero-order valence-corrected chi connectivity index (χ0v) is 32.9. The summed E-state index contributed by atoms with van der Waals surface area (Å²) in [6.45, 7) is 4.26. The van der Waals surface area contributed by atoms with E-state index in [4.69, 9.17) is 14.2 Å². The monoisotopic (exact) mass is 724 g/mol. The van der Waals surface area contributed by atoms with Gasteiger partial charge in [0.1, 0.15) is 12.6 Å². The number of hydrogen-bond acceptors (Lipinski definition) is 7. The normalized spacial score (nSPS) is 14.1. The molecular formula is C44H69NO7. The van der Waals surface area contributed by atoms with Crippen LogP contribution in [0.3, 0.4) is 0 Å². The van der Waals surface area contributed by atoms with Crippen molar-refractivity contribution in [3.8, 4) is 0 Å². The van der Waals surface area contributed by atoms with Gasteiger partial charge in [0.25, 0.3) is 0 Å².